The number of nitrogens with one attached hydrogen (secondary N) is 1. The fourth-order valence-electron chi connectivity index (χ4n) is 2.31. The van der Waals surface area contributed by atoms with E-state index in [1.165, 1.54) is 32.2 Å². The molecule has 0 aromatic carbocycles. The molecule has 0 aliphatic carbocycles. The van der Waals surface area contributed by atoms with Crippen LogP contribution >= 0.6 is 0 Å². The number of hydrogen-bond donors (Lipinski definition) is 2. The van der Waals surface area contributed by atoms with Crippen LogP contribution in [0.2, 0.25) is 0 Å². The number of aliphatic hydroxyl groups is 1. The maximum Gasteiger partial charge on any atom is 0.0639 e. The standard InChI is InChI=1S/C12H26N2O/c1-10(14(3)9-11(2)15)8-12-6-4-5-7-13-12/h10-13,15H,4-9H2,1-3H3. The molecule has 1 saturated heterocycles. The maximum atomic E-state index is 9.32. The summed E-state index contributed by atoms with van der Waals surface area (Å²) >= 11 is 0. The molecule has 1 aliphatic heterocycles. The van der Waals surface area contributed by atoms with E-state index in [1.807, 2.05) is 6.92 Å². The Morgan fingerprint density at radius 1 is 1.40 bits per heavy atom. The highest BCUT2D eigenvalue weighted by molar-refractivity contribution is 4.78. The average molecular weight is 214 g/mol. The molecule has 1 aliphatic rings. The topological polar surface area (TPSA) is 35.5 Å². The zero-order valence-corrected chi connectivity index (χ0v) is 10.4. The van der Waals surface area contributed by atoms with Crippen LogP contribution in [0.3, 0.4) is 0 Å². The van der Waals surface area contributed by atoms with Gasteiger partial charge in [0.05, 0.1) is 6.10 Å². The Morgan fingerprint density at radius 3 is 2.67 bits per heavy atom. The second kappa shape index (κ2) is 6.46. The van der Waals surface area contributed by atoms with Crippen molar-refractivity contribution in [3.05, 3.63) is 0 Å². The van der Waals surface area contributed by atoms with Crippen LogP contribution in [0.5, 0.6) is 0 Å². The van der Waals surface area contributed by atoms with Crippen molar-refractivity contribution in [2.24, 2.45) is 0 Å². The molecule has 0 spiro atoms. The Balaban J connectivity index is 2.23. The zero-order chi connectivity index (χ0) is 11.3. The van der Waals surface area contributed by atoms with Gasteiger partial charge in [0.25, 0.3) is 0 Å². The molecule has 3 heteroatoms. The summed E-state index contributed by atoms with van der Waals surface area (Å²) < 4.78 is 0. The Labute approximate surface area is 93.9 Å². The van der Waals surface area contributed by atoms with Crippen LogP contribution in [-0.4, -0.2) is 48.3 Å². The highest BCUT2D eigenvalue weighted by Gasteiger charge is 2.18. The van der Waals surface area contributed by atoms with Crippen molar-refractivity contribution in [2.45, 2.75) is 57.7 Å². The third-order valence-corrected chi connectivity index (χ3v) is 3.34. The van der Waals surface area contributed by atoms with Crippen molar-refractivity contribution >= 4 is 0 Å². The molecule has 3 unspecified atom stereocenters. The van der Waals surface area contributed by atoms with E-state index >= 15 is 0 Å². The van der Waals surface area contributed by atoms with Crippen molar-refractivity contribution in [1.82, 2.24) is 10.2 Å². The molecule has 1 heterocycles. The average Bonchev–Trinajstić information content (AvgIpc) is 2.18. The Hall–Kier alpha value is -0.120. The Kier molecular flexibility index (Phi) is 5.58. The van der Waals surface area contributed by atoms with Gasteiger partial charge in [-0.1, -0.05) is 6.42 Å². The minimum absolute atomic E-state index is 0.225. The monoisotopic (exact) mass is 214 g/mol. The second-order valence-corrected chi connectivity index (χ2v) is 5.02. The summed E-state index contributed by atoms with van der Waals surface area (Å²) in [4.78, 5) is 2.25. The lowest BCUT2D eigenvalue weighted by Crippen LogP contribution is -2.42. The summed E-state index contributed by atoms with van der Waals surface area (Å²) in [6, 6.07) is 1.24. The first kappa shape index (κ1) is 12.9. The van der Waals surface area contributed by atoms with Gasteiger partial charge in [0.15, 0.2) is 0 Å². The van der Waals surface area contributed by atoms with Crippen molar-refractivity contribution in [2.75, 3.05) is 20.1 Å². The third-order valence-electron chi connectivity index (χ3n) is 3.34. The minimum Gasteiger partial charge on any atom is -0.392 e. The highest BCUT2D eigenvalue weighted by atomic mass is 16.3. The molecule has 1 fully saturated rings. The van der Waals surface area contributed by atoms with Gasteiger partial charge in [0.2, 0.25) is 0 Å². The van der Waals surface area contributed by atoms with E-state index in [2.05, 4.69) is 24.2 Å². The van der Waals surface area contributed by atoms with E-state index in [4.69, 9.17) is 0 Å². The number of piperidine rings is 1. The lowest BCUT2D eigenvalue weighted by molar-refractivity contribution is 0.113. The molecule has 15 heavy (non-hydrogen) atoms. The second-order valence-electron chi connectivity index (χ2n) is 5.02. The number of hydrogen-bond acceptors (Lipinski definition) is 3. The normalized spacial score (nSPS) is 26.6. The number of likely N-dealkylation sites (N-methyl/N-ethyl adjacent to an activating group) is 1. The summed E-state index contributed by atoms with van der Waals surface area (Å²) in [6.45, 7) is 6.05. The van der Waals surface area contributed by atoms with Crippen LogP contribution in [0.1, 0.15) is 39.5 Å². The largest absolute Gasteiger partial charge is 0.392 e. The van der Waals surface area contributed by atoms with Gasteiger partial charge < -0.3 is 15.3 Å². The molecule has 0 bridgehead atoms. The van der Waals surface area contributed by atoms with Gasteiger partial charge in [-0.15, -0.1) is 0 Å². The molecule has 0 aromatic rings. The molecule has 0 radical (unpaired) electrons. The molecule has 0 saturated carbocycles. The van der Waals surface area contributed by atoms with Crippen LogP contribution in [-0.2, 0) is 0 Å². The highest BCUT2D eigenvalue weighted by Crippen LogP contribution is 2.14. The first-order valence-electron chi connectivity index (χ1n) is 6.21. The number of nitrogens with zero attached hydrogens (tertiary/aromatic N) is 1. The van der Waals surface area contributed by atoms with Crippen LogP contribution < -0.4 is 5.32 Å². The van der Waals surface area contributed by atoms with Crippen LogP contribution in [0.25, 0.3) is 0 Å². The van der Waals surface area contributed by atoms with Gasteiger partial charge >= 0.3 is 0 Å². The zero-order valence-electron chi connectivity index (χ0n) is 10.4. The van der Waals surface area contributed by atoms with Crippen LogP contribution in [0, 0.1) is 0 Å². The van der Waals surface area contributed by atoms with E-state index in [1.54, 1.807) is 0 Å². The van der Waals surface area contributed by atoms with Gasteiger partial charge in [-0.2, -0.15) is 0 Å². The van der Waals surface area contributed by atoms with Crippen molar-refractivity contribution in [1.29, 1.82) is 0 Å². The predicted molar refractivity (Wildman–Crippen MR) is 64.0 cm³/mol. The summed E-state index contributed by atoms with van der Waals surface area (Å²) in [5, 5.41) is 12.9. The first-order valence-corrected chi connectivity index (χ1v) is 6.21. The van der Waals surface area contributed by atoms with Gasteiger partial charge in [0.1, 0.15) is 0 Å². The molecule has 3 atom stereocenters. The van der Waals surface area contributed by atoms with Crippen LogP contribution in [0.15, 0.2) is 0 Å². The van der Waals surface area contributed by atoms with E-state index in [0.29, 0.717) is 12.1 Å². The lowest BCUT2D eigenvalue weighted by Gasteiger charge is -2.31. The van der Waals surface area contributed by atoms with Gasteiger partial charge in [0, 0.05) is 18.6 Å². The Morgan fingerprint density at radius 2 is 2.13 bits per heavy atom. The number of rotatable bonds is 5. The molecule has 90 valence electrons. The van der Waals surface area contributed by atoms with Crippen molar-refractivity contribution in [3.8, 4) is 0 Å². The molecule has 0 amide bonds. The molecular weight excluding hydrogens is 188 g/mol. The van der Waals surface area contributed by atoms with E-state index in [0.717, 1.165) is 6.54 Å². The molecular formula is C12H26N2O. The van der Waals surface area contributed by atoms with Gasteiger partial charge in [-0.05, 0) is 46.7 Å². The summed E-state index contributed by atoms with van der Waals surface area (Å²) in [7, 11) is 2.10. The molecule has 2 N–H and O–H groups in total. The quantitative estimate of drug-likeness (QED) is 0.722. The minimum atomic E-state index is -0.225. The molecule has 3 nitrogen and oxygen atoms in total. The first-order chi connectivity index (χ1) is 7.09. The van der Waals surface area contributed by atoms with E-state index < -0.39 is 0 Å². The smallest absolute Gasteiger partial charge is 0.0639 e. The molecule has 0 aromatic heterocycles. The number of aliphatic hydroxyl groups excluding tert-OH is 1. The Bertz CT molecular complexity index is 167. The van der Waals surface area contributed by atoms with E-state index in [-0.39, 0.29) is 6.10 Å². The van der Waals surface area contributed by atoms with Crippen molar-refractivity contribution in [3.63, 3.8) is 0 Å². The lowest BCUT2D eigenvalue weighted by atomic mass is 9.98. The van der Waals surface area contributed by atoms with Gasteiger partial charge in [-0.25, -0.2) is 0 Å². The summed E-state index contributed by atoms with van der Waals surface area (Å²) in [6.07, 6.45) is 4.98. The fraction of sp³-hybridized carbons (Fsp3) is 1.00. The van der Waals surface area contributed by atoms with E-state index in [9.17, 15) is 5.11 Å². The fourth-order valence-corrected chi connectivity index (χ4v) is 2.31. The van der Waals surface area contributed by atoms with Crippen molar-refractivity contribution < 1.29 is 5.11 Å². The van der Waals surface area contributed by atoms with Gasteiger partial charge in [-0.3, -0.25) is 0 Å². The maximum absolute atomic E-state index is 9.32. The predicted octanol–water partition coefficient (Wildman–Crippen LogP) is 1.22. The SMILES string of the molecule is CC(O)CN(C)C(C)CC1CCCCN1. The molecule has 1 rings (SSSR count). The summed E-state index contributed by atoms with van der Waals surface area (Å²) in [5.74, 6) is 0. The van der Waals surface area contributed by atoms with Crippen LogP contribution in [0.4, 0.5) is 0 Å². The third kappa shape index (κ3) is 4.96. The summed E-state index contributed by atoms with van der Waals surface area (Å²) in [5.41, 5.74) is 0.